The van der Waals surface area contributed by atoms with Crippen LogP contribution >= 0.6 is 0 Å². The highest BCUT2D eigenvalue weighted by atomic mass is 16.1. The zero-order valence-electron chi connectivity index (χ0n) is 10.1. The number of hydrogen-bond acceptors (Lipinski definition) is 1. The lowest BCUT2D eigenvalue weighted by molar-refractivity contribution is -0.116. The SMILES string of the molecule is CCCCC(=O)Nc1ccc2ccccc2c1. The van der Waals surface area contributed by atoms with Crippen LogP contribution in [0, 0.1) is 0 Å². The van der Waals surface area contributed by atoms with Crippen molar-refractivity contribution in [3.05, 3.63) is 42.5 Å². The van der Waals surface area contributed by atoms with Crippen molar-refractivity contribution >= 4 is 22.4 Å². The zero-order chi connectivity index (χ0) is 12.1. The van der Waals surface area contributed by atoms with E-state index in [1.807, 2.05) is 30.3 Å². The van der Waals surface area contributed by atoms with Crippen LogP contribution in [0.15, 0.2) is 42.5 Å². The first-order chi connectivity index (χ1) is 8.29. The average molecular weight is 227 g/mol. The average Bonchev–Trinajstić information content (AvgIpc) is 2.36. The van der Waals surface area contributed by atoms with Crippen molar-refractivity contribution in [2.45, 2.75) is 26.2 Å². The summed E-state index contributed by atoms with van der Waals surface area (Å²) in [6.07, 6.45) is 2.59. The van der Waals surface area contributed by atoms with Gasteiger partial charge in [0, 0.05) is 12.1 Å². The Balaban J connectivity index is 2.11. The molecule has 0 bridgehead atoms. The molecule has 0 radical (unpaired) electrons. The highest BCUT2D eigenvalue weighted by Gasteiger charge is 2.01. The summed E-state index contributed by atoms with van der Waals surface area (Å²) < 4.78 is 0. The third kappa shape index (κ3) is 3.06. The maximum absolute atomic E-state index is 11.6. The minimum atomic E-state index is 0.0992. The largest absolute Gasteiger partial charge is 0.326 e. The second-order valence-electron chi connectivity index (χ2n) is 4.21. The molecule has 0 heterocycles. The maximum Gasteiger partial charge on any atom is 0.224 e. The molecule has 0 aromatic heterocycles. The Kier molecular flexibility index (Phi) is 3.76. The molecule has 1 N–H and O–H groups in total. The Morgan fingerprint density at radius 3 is 2.65 bits per heavy atom. The van der Waals surface area contributed by atoms with Crippen LogP contribution in [0.5, 0.6) is 0 Å². The van der Waals surface area contributed by atoms with E-state index in [2.05, 4.69) is 24.4 Å². The van der Waals surface area contributed by atoms with E-state index in [0.29, 0.717) is 6.42 Å². The predicted octanol–water partition coefficient (Wildman–Crippen LogP) is 3.97. The zero-order valence-corrected chi connectivity index (χ0v) is 10.1. The Labute approximate surface area is 102 Å². The third-order valence-corrected chi connectivity index (χ3v) is 2.79. The number of unbranched alkanes of at least 4 members (excludes halogenated alkanes) is 1. The quantitative estimate of drug-likeness (QED) is 0.841. The minimum absolute atomic E-state index is 0.0992. The summed E-state index contributed by atoms with van der Waals surface area (Å²) in [5.41, 5.74) is 0.879. The molecular weight excluding hydrogens is 210 g/mol. The fourth-order valence-corrected chi connectivity index (χ4v) is 1.83. The third-order valence-electron chi connectivity index (χ3n) is 2.79. The summed E-state index contributed by atoms with van der Waals surface area (Å²) in [7, 11) is 0. The van der Waals surface area contributed by atoms with Gasteiger partial charge in [-0.25, -0.2) is 0 Å². The highest BCUT2D eigenvalue weighted by molar-refractivity contribution is 5.94. The van der Waals surface area contributed by atoms with Gasteiger partial charge in [0.15, 0.2) is 0 Å². The second-order valence-corrected chi connectivity index (χ2v) is 4.21. The first-order valence-electron chi connectivity index (χ1n) is 6.08. The lowest BCUT2D eigenvalue weighted by Gasteiger charge is -2.06. The summed E-state index contributed by atoms with van der Waals surface area (Å²) in [5, 5.41) is 5.28. The number of amides is 1. The number of carbonyl (C=O) groups excluding carboxylic acids is 1. The van der Waals surface area contributed by atoms with Crippen LogP contribution in [0.3, 0.4) is 0 Å². The van der Waals surface area contributed by atoms with Crippen molar-refractivity contribution < 1.29 is 4.79 Å². The van der Waals surface area contributed by atoms with Crippen LogP contribution in [0.25, 0.3) is 10.8 Å². The molecule has 0 fully saturated rings. The van der Waals surface area contributed by atoms with E-state index >= 15 is 0 Å². The molecule has 17 heavy (non-hydrogen) atoms. The van der Waals surface area contributed by atoms with Crippen molar-refractivity contribution in [3.63, 3.8) is 0 Å². The molecule has 0 unspecified atom stereocenters. The number of anilines is 1. The summed E-state index contributed by atoms with van der Waals surface area (Å²) in [6, 6.07) is 14.1. The van der Waals surface area contributed by atoms with Crippen molar-refractivity contribution in [2.75, 3.05) is 5.32 Å². The number of benzene rings is 2. The Morgan fingerprint density at radius 2 is 1.88 bits per heavy atom. The summed E-state index contributed by atoms with van der Waals surface area (Å²) in [4.78, 5) is 11.6. The van der Waals surface area contributed by atoms with Crippen molar-refractivity contribution in [3.8, 4) is 0 Å². The van der Waals surface area contributed by atoms with Crippen LogP contribution in [0.1, 0.15) is 26.2 Å². The van der Waals surface area contributed by atoms with Crippen LogP contribution in [0.4, 0.5) is 5.69 Å². The van der Waals surface area contributed by atoms with Crippen molar-refractivity contribution in [1.29, 1.82) is 0 Å². The number of hydrogen-bond donors (Lipinski definition) is 1. The van der Waals surface area contributed by atoms with Gasteiger partial charge in [-0.3, -0.25) is 4.79 Å². The molecule has 2 aromatic carbocycles. The molecule has 1 amide bonds. The fourth-order valence-electron chi connectivity index (χ4n) is 1.83. The molecule has 0 saturated heterocycles. The lowest BCUT2D eigenvalue weighted by atomic mass is 10.1. The van der Waals surface area contributed by atoms with Gasteiger partial charge >= 0.3 is 0 Å². The van der Waals surface area contributed by atoms with E-state index in [0.717, 1.165) is 23.9 Å². The number of fused-ring (bicyclic) bond motifs is 1. The van der Waals surface area contributed by atoms with Crippen LogP contribution in [0.2, 0.25) is 0 Å². The molecule has 2 heteroatoms. The molecule has 0 aliphatic rings. The van der Waals surface area contributed by atoms with E-state index in [-0.39, 0.29) is 5.91 Å². The van der Waals surface area contributed by atoms with Gasteiger partial charge in [0.05, 0.1) is 0 Å². The number of carbonyl (C=O) groups is 1. The summed E-state index contributed by atoms with van der Waals surface area (Å²) in [5.74, 6) is 0.0992. The van der Waals surface area contributed by atoms with Gasteiger partial charge in [0.2, 0.25) is 5.91 Å². The van der Waals surface area contributed by atoms with E-state index in [9.17, 15) is 4.79 Å². The molecule has 0 atom stereocenters. The topological polar surface area (TPSA) is 29.1 Å². The van der Waals surface area contributed by atoms with E-state index < -0.39 is 0 Å². The van der Waals surface area contributed by atoms with Crippen LogP contribution in [-0.4, -0.2) is 5.91 Å². The molecule has 2 aromatic rings. The van der Waals surface area contributed by atoms with Gasteiger partial charge in [-0.15, -0.1) is 0 Å². The fraction of sp³-hybridized carbons (Fsp3) is 0.267. The molecule has 0 aliphatic heterocycles. The number of nitrogens with one attached hydrogen (secondary N) is 1. The molecule has 0 aliphatic carbocycles. The molecule has 2 rings (SSSR count). The smallest absolute Gasteiger partial charge is 0.224 e. The van der Waals surface area contributed by atoms with Gasteiger partial charge in [0.1, 0.15) is 0 Å². The van der Waals surface area contributed by atoms with Gasteiger partial charge in [-0.05, 0) is 29.3 Å². The molecule has 0 saturated carbocycles. The predicted molar refractivity (Wildman–Crippen MR) is 72.1 cm³/mol. The van der Waals surface area contributed by atoms with E-state index in [4.69, 9.17) is 0 Å². The van der Waals surface area contributed by atoms with E-state index in [1.165, 1.54) is 5.39 Å². The van der Waals surface area contributed by atoms with Gasteiger partial charge in [0.25, 0.3) is 0 Å². The van der Waals surface area contributed by atoms with Crippen LogP contribution < -0.4 is 5.32 Å². The van der Waals surface area contributed by atoms with Gasteiger partial charge < -0.3 is 5.32 Å². The summed E-state index contributed by atoms with van der Waals surface area (Å²) >= 11 is 0. The normalized spacial score (nSPS) is 10.4. The van der Waals surface area contributed by atoms with Crippen molar-refractivity contribution in [1.82, 2.24) is 0 Å². The standard InChI is InChI=1S/C15H17NO/c1-2-3-8-15(17)16-14-10-9-12-6-4-5-7-13(12)11-14/h4-7,9-11H,2-3,8H2,1H3,(H,16,17). The van der Waals surface area contributed by atoms with Gasteiger partial charge in [-0.1, -0.05) is 43.7 Å². The van der Waals surface area contributed by atoms with Crippen LogP contribution in [-0.2, 0) is 4.79 Å². The first-order valence-corrected chi connectivity index (χ1v) is 6.08. The van der Waals surface area contributed by atoms with E-state index in [1.54, 1.807) is 0 Å². The second kappa shape index (κ2) is 5.48. The first kappa shape index (κ1) is 11.6. The maximum atomic E-state index is 11.6. The molecule has 2 nitrogen and oxygen atoms in total. The minimum Gasteiger partial charge on any atom is -0.326 e. The lowest BCUT2D eigenvalue weighted by Crippen LogP contribution is -2.10. The molecule has 88 valence electrons. The van der Waals surface area contributed by atoms with Crippen molar-refractivity contribution in [2.24, 2.45) is 0 Å². The summed E-state index contributed by atoms with van der Waals surface area (Å²) in [6.45, 7) is 2.09. The Morgan fingerprint density at radius 1 is 1.12 bits per heavy atom. The Hall–Kier alpha value is -1.83. The molecular formula is C15H17NO. The number of rotatable bonds is 4. The Bertz CT molecular complexity index is 519. The monoisotopic (exact) mass is 227 g/mol. The highest BCUT2D eigenvalue weighted by Crippen LogP contribution is 2.19. The van der Waals surface area contributed by atoms with Gasteiger partial charge in [-0.2, -0.15) is 0 Å². The molecule has 0 spiro atoms.